The van der Waals surface area contributed by atoms with E-state index in [1.807, 2.05) is 0 Å². The Morgan fingerprint density at radius 1 is 1.18 bits per heavy atom. The molecule has 1 aromatic rings. The van der Waals surface area contributed by atoms with Crippen LogP contribution in [0.5, 0.6) is 5.75 Å². The van der Waals surface area contributed by atoms with Crippen molar-refractivity contribution < 1.29 is 19.5 Å². The van der Waals surface area contributed by atoms with E-state index >= 15 is 0 Å². The van der Waals surface area contributed by atoms with Crippen LogP contribution in [0.2, 0.25) is 0 Å². The first-order chi connectivity index (χ1) is 10.4. The highest BCUT2D eigenvalue weighted by Crippen LogP contribution is 2.38. The van der Waals surface area contributed by atoms with E-state index in [2.05, 4.69) is 4.99 Å². The zero-order valence-corrected chi connectivity index (χ0v) is 12.2. The molecule has 22 heavy (non-hydrogen) atoms. The van der Waals surface area contributed by atoms with Crippen LogP contribution in [0.4, 0.5) is 4.79 Å². The number of carbonyl (C=O) groups excluding carboxylic acids is 3. The summed E-state index contributed by atoms with van der Waals surface area (Å²) in [7, 11) is 2.91. The lowest BCUT2D eigenvalue weighted by Gasteiger charge is -2.40. The number of aliphatic imine (C=N–C) groups is 1. The van der Waals surface area contributed by atoms with Crippen molar-refractivity contribution in [1.29, 1.82) is 0 Å². The van der Waals surface area contributed by atoms with Gasteiger partial charge >= 0.3 is 6.03 Å². The molecule has 0 radical (unpaired) electrons. The van der Waals surface area contributed by atoms with Gasteiger partial charge in [0.2, 0.25) is 11.8 Å². The Kier molecular flexibility index (Phi) is 3.20. The zero-order valence-electron chi connectivity index (χ0n) is 12.2. The number of amides is 4. The van der Waals surface area contributed by atoms with Crippen LogP contribution in [0.15, 0.2) is 29.3 Å². The molecule has 2 heterocycles. The van der Waals surface area contributed by atoms with Crippen LogP contribution < -0.4 is 0 Å². The molecule has 1 saturated heterocycles. The molecule has 0 aliphatic carbocycles. The SMILES string of the molecule is CN1C(=O)C2C(=NC(=O)CC2c2cccc(O)c2)N(C)C1=O. The molecule has 0 aromatic heterocycles. The largest absolute Gasteiger partial charge is 0.508 e. The third-order valence-electron chi connectivity index (χ3n) is 4.13. The third kappa shape index (κ3) is 2.05. The molecule has 114 valence electrons. The lowest BCUT2D eigenvalue weighted by Crippen LogP contribution is -2.59. The van der Waals surface area contributed by atoms with Crippen molar-refractivity contribution in [3.8, 4) is 5.75 Å². The second kappa shape index (κ2) is 4.94. The van der Waals surface area contributed by atoms with Gasteiger partial charge in [0.15, 0.2) is 0 Å². The van der Waals surface area contributed by atoms with Crippen LogP contribution in [0.25, 0.3) is 0 Å². The van der Waals surface area contributed by atoms with Gasteiger partial charge in [-0.1, -0.05) is 12.1 Å². The van der Waals surface area contributed by atoms with Crippen LogP contribution in [0.3, 0.4) is 0 Å². The van der Waals surface area contributed by atoms with Gasteiger partial charge in [0, 0.05) is 26.4 Å². The Bertz CT molecular complexity index is 712. The van der Waals surface area contributed by atoms with E-state index in [0.717, 1.165) is 4.90 Å². The average molecular weight is 301 g/mol. The van der Waals surface area contributed by atoms with E-state index < -0.39 is 17.9 Å². The van der Waals surface area contributed by atoms with Gasteiger partial charge in [-0.3, -0.25) is 19.4 Å². The van der Waals surface area contributed by atoms with Gasteiger partial charge in [-0.2, -0.15) is 4.99 Å². The summed E-state index contributed by atoms with van der Waals surface area (Å²) in [5.41, 5.74) is 0.676. The fourth-order valence-electron chi connectivity index (χ4n) is 2.99. The van der Waals surface area contributed by atoms with Crippen LogP contribution in [-0.4, -0.2) is 52.7 Å². The summed E-state index contributed by atoms with van der Waals surface area (Å²) in [4.78, 5) is 42.6. The quantitative estimate of drug-likeness (QED) is 0.836. The van der Waals surface area contributed by atoms with Crippen LogP contribution in [0.1, 0.15) is 17.9 Å². The Labute approximate surface area is 126 Å². The lowest BCUT2D eigenvalue weighted by molar-refractivity contribution is -0.132. The summed E-state index contributed by atoms with van der Waals surface area (Å²) < 4.78 is 0. The smallest absolute Gasteiger partial charge is 0.331 e. The number of fused-ring (bicyclic) bond motifs is 1. The van der Waals surface area contributed by atoms with Gasteiger partial charge < -0.3 is 5.11 Å². The normalized spacial score (nSPS) is 25.2. The Balaban J connectivity index is 2.10. The number of nitrogens with zero attached hydrogens (tertiary/aromatic N) is 3. The minimum absolute atomic E-state index is 0.0649. The number of hydrogen-bond acceptors (Lipinski definition) is 4. The summed E-state index contributed by atoms with van der Waals surface area (Å²) in [6.45, 7) is 0. The molecule has 1 aromatic carbocycles. The standard InChI is InChI=1S/C15H15N3O4/c1-17-13-12(14(21)18(2)15(17)22)10(7-11(20)16-13)8-4-3-5-9(19)6-8/h3-6,10,12,19H,7H2,1-2H3. The molecule has 7 nitrogen and oxygen atoms in total. The van der Waals surface area contributed by atoms with E-state index in [1.165, 1.54) is 31.1 Å². The number of rotatable bonds is 1. The summed E-state index contributed by atoms with van der Waals surface area (Å²) in [5.74, 6) is -1.67. The van der Waals surface area contributed by atoms with Crippen molar-refractivity contribution >= 4 is 23.7 Å². The number of urea groups is 1. The maximum Gasteiger partial charge on any atom is 0.331 e. The predicted octanol–water partition coefficient (Wildman–Crippen LogP) is 0.945. The average Bonchev–Trinajstić information content (AvgIpc) is 2.50. The van der Waals surface area contributed by atoms with Gasteiger partial charge in [0.1, 0.15) is 17.5 Å². The second-order valence-electron chi connectivity index (χ2n) is 5.49. The number of benzene rings is 1. The third-order valence-corrected chi connectivity index (χ3v) is 4.13. The Morgan fingerprint density at radius 2 is 1.91 bits per heavy atom. The fraction of sp³-hybridized carbons (Fsp3) is 0.333. The minimum atomic E-state index is -0.702. The number of imide groups is 1. The monoisotopic (exact) mass is 301 g/mol. The summed E-state index contributed by atoms with van der Waals surface area (Å²) in [5, 5.41) is 9.64. The lowest BCUT2D eigenvalue weighted by atomic mass is 9.78. The molecular formula is C15H15N3O4. The first kappa shape index (κ1) is 14.2. The van der Waals surface area contributed by atoms with Crippen LogP contribution in [-0.2, 0) is 9.59 Å². The molecule has 4 amide bonds. The van der Waals surface area contributed by atoms with E-state index in [-0.39, 0.29) is 29.8 Å². The summed E-state index contributed by atoms with van der Waals surface area (Å²) in [6.07, 6.45) is 0.0687. The highest BCUT2D eigenvalue weighted by Gasteiger charge is 2.48. The van der Waals surface area contributed by atoms with Gasteiger partial charge in [-0.05, 0) is 17.7 Å². The molecule has 2 unspecified atom stereocenters. The summed E-state index contributed by atoms with van der Waals surface area (Å²) in [6, 6.07) is 5.96. The molecule has 1 fully saturated rings. The van der Waals surface area contributed by atoms with Gasteiger partial charge in [-0.25, -0.2) is 4.79 Å². The highest BCUT2D eigenvalue weighted by molar-refractivity contribution is 6.21. The maximum atomic E-state index is 12.5. The molecule has 7 heteroatoms. The Morgan fingerprint density at radius 3 is 2.59 bits per heavy atom. The van der Waals surface area contributed by atoms with E-state index in [0.29, 0.717) is 5.56 Å². The van der Waals surface area contributed by atoms with Gasteiger partial charge in [0.25, 0.3) is 0 Å². The molecule has 2 aliphatic heterocycles. The predicted molar refractivity (Wildman–Crippen MR) is 77.3 cm³/mol. The first-order valence-corrected chi connectivity index (χ1v) is 6.85. The number of phenols is 1. The number of hydrogen-bond donors (Lipinski definition) is 1. The number of carbonyl (C=O) groups is 3. The molecular weight excluding hydrogens is 286 g/mol. The number of phenolic OH excluding ortho intramolecular Hbond substituents is 1. The molecule has 2 aliphatic rings. The molecule has 0 spiro atoms. The minimum Gasteiger partial charge on any atom is -0.508 e. The first-order valence-electron chi connectivity index (χ1n) is 6.85. The molecule has 0 bridgehead atoms. The van der Waals surface area contributed by atoms with Crippen LogP contribution >= 0.6 is 0 Å². The molecule has 3 rings (SSSR count). The molecule has 1 N–H and O–H groups in total. The highest BCUT2D eigenvalue weighted by atomic mass is 16.3. The van der Waals surface area contributed by atoms with Crippen molar-refractivity contribution in [3.63, 3.8) is 0 Å². The maximum absolute atomic E-state index is 12.5. The fourth-order valence-corrected chi connectivity index (χ4v) is 2.99. The second-order valence-corrected chi connectivity index (χ2v) is 5.49. The number of amidine groups is 1. The van der Waals surface area contributed by atoms with Crippen LogP contribution in [0, 0.1) is 5.92 Å². The molecule has 0 saturated carbocycles. The van der Waals surface area contributed by atoms with Gasteiger partial charge in [-0.15, -0.1) is 0 Å². The van der Waals surface area contributed by atoms with Crippen molar-refractivity contribution in [2.24, 2.45) is 10.9 Å². The Hall–Kier alpha value is -2.70. The number of aromatic hydroxyl groups is 1. The van der Waals surface area contributed by atoms with Crippen molar-refractivity contribution in [1.82, 2.24) is 9.80 Å². The zero-order chi connectivity index (χ0) is 16.0. The summed E-state index contributed by atoms with van der Waals surface area (Å²) >= 11 is 0. The van der Waals surface area contributed by atoms with Crippen molar-refractivity contribution in [2.45, 2.75) is 12.3 Å². The van der Waals surface area contributed by atoms with E-state index in [1.54, 1.807) is 12.1 Å². The van der Waals surface area contributed by atoms with Gasteiger partial charge in [0.05, 0.1) is 0 Å². The molecule has 2 atom stereocenters. The van der Waals surface area contributed by atoms with E-state index in [4.69, 9.17) is 0 Å². The van der Waals surface area contributed by atoms with Crippen molar-refractivity contribution in [2.75, 3.05) is 14.1 Å². The van der Waals surface area contributed by atoms with Crippen molar-refractivity contribution in [3.05, 3.63) is 29.8 Å². The van der Waals surface area contributed by atoms with E-state index in [9.17, 15) is 19.5 Å². The topological polar surface area (TPSA) is 90.3 Å².